The molecule has 8 nitrogen and oxygen atoms in total. The fourth-order valence-corrected chi connectivity index (χ4v) is 5.59. The number of rotatable bonds is 12. The van der Waals surface area contributed by atoms with E-state index in [0.717, 1.165) is 15.4 Å². The molecule has 3 aromatic rings. The summed E-state index contributed by atoms with van der Waals surface area (Å²) in [5, 5.41) is 2.63. The van der Waals surface area contributed by atoms with E-state index in [0.29, 0.717) is 24.3 Å². The number of aryl methyl sites for hydroxylation is 1. The third-order valence-electron chi connectivity index (χ3n) is 6.36. The van der Waals surface area contributed by atoms with E-state index in [1.54, 1.807) is 36.4 Å². The van der Waals surface area contributed by atoms with E-state index in [-0.39, 0.29) is 17.3 Å². The second-order valence-electron chi connectivity index (χ2n) is 8.88. The topological polar surface area (TPSA) is 96.0 Å². The Hall–Kier alpha value is -3.85. The summed E-state index contributed by atoms with van der Waals surface area (Å²) < 4.78 is 33.9. The van der Waals surface area contributed by atoms with Crippen LogP contribution in [0, 0.1) is 6.92 Å². The molecule has 0 fully saturated rings. The molecular formula is C29H35N3O5S. The summed E-state index contributed by atoms with van der Waals surface area (Å²) in [6.45, 7) is 3.49. The number of carbonyl (C=O) groups excluding carboxylic acids is 2. The Morgan fingerprint density at radius 3 is 2.13 bits per heavy atom. The van der Waals surface area contributed by atoms with Crippen LogP contribution in [0.4, 0.5) is 5.69 Å². The lowest BCUT2D eigenvalue weighted by molar-refractivity contribution is -0.139. The molecule has 0 spiro atoms. The van der Waals surface area contributed by atoms with Crippen LogP contribution in [0.2, 0.25) is 0 Å². The van der Waals surface area contributed by atoms with Crippen LogP contribution in [0.25, 0.3) is 0 Å². The average molecular weight is 538 g/mol. The Morgan fingerprint density at radius 2 is 1.58 bits per heavy atom. The molecule has 38 heavy (non-hydrogen) atoms. The summed E-state index contributed by atoms with van der Waals surface area (Å²) in [6.07, 6.45) is 0.904. The molecule has 3 aromatic carbocycles. The number of anilines is 1. The van der Waals surface area contributed by atoms with E-state index < -0.39 is 28.5 Å². The molecular weight excluding hydrogens is 502 g/mol. The Labute approximate surface area is 225 Å². The number of nitrogens with zero attached hydrogens (tertiary/aromatic N) is 2. The lowest BCUT2D eigenvalue weighted by atomic mass is 10.1. The van der Waals surface area contributed by atoms with Crippen LogP contribution in [-0.2, 0) is 26.0 Å². The first kappa shape index (κ1) is 28.7. The van der Waals surface area contributed by atoms with E-state index in [2.05, 4.69) is 5.32 Å². The number of nitrogens with one attached hydrogen (secondary N) is 1. The van der Waals surface area contributed by atoms with Gasteiger partial charge in [-0.15, -0.1) is 0 Å². The van der Waals surface area contributed by atoms with Crippen molar-refractivity contribution in [2.75, 3.05) is 31.6 Å². The second kappa shape index (κ2) is 13.1. The highest BCUT2D eigenvalue weighted by molar-refractivity contribution is 7.92. The lowest BCUT2D eigenvalue weighted by Gasteiger charge is -2.33. The van der Waals surface area contributed by atoms with Gasteiger partial charge in [0.2, 0.25) is 11.8 Å². The first-order valence-corrected chi connectivity index (χ1v) is 13.9. The van der Waals surface area contributed by atoms with Gasteiger partial charge in [-0.25, -0.2) is 8.42 Å². The number of sulfonamides is 1. The van der Waals surface area contributed by atoms with Crippen molar-refractivity contribution in [3.8, 4) is 5.75 Å². The number of methoxy groups -OCH3 is 1. The molecule has 0 aliphatic heterocycles. The number of ether oxygens (including phenoxy) is 1. The summed E-state index contributed by atoms with van der Waals surface area (Å²) in [7, 11) is -1.05. The molecule has 1 N–H and O–H groups in total. The Balaban J connectivity index is 2.00. The Kier molecular flexibility index (Phi) is 9.90. The third-order valence-corrected chi connectivity index (χ3v) is 8.15. The molecule has 202 valence electrons. The molecule has 0 aromatic heterocycles. The summed E-state index contributed by atoms with van der Waals surface area (Å²) in [4.78, 5) is 28.1. The molecule has 0 saturated heterocycles. The first-order chi connectivity index (χ1) is 18.2. The molecule has 0 aliphatic rings. The molecule has 0 radical (unpaired) electrons. The molecule has 1 atom stereocenters. The number of amides is 2. The van der Waals surface area contributed by atoms with Gasteiger partial charge in [-0.2, -0.15) is 0 Å². The summed E-state index contributed by atoms with van der Waals surface area (Å²) in [5.41, 5.74) is 2.24. The van der Waals surface area contributed by atoms with E-state index in [4.69, 9.17) is 4.74 Å². The number of benzene rings is 3. The highest BCUT2D eigenvalue weighted by atomic mass is 32.2. The van der Waals surface area contributed by atoms with E-state index >= 15 is 0 Å². The maximum Gasteiger partial charge on any atom is 0.264 e. The zero-order valence-electron chi connectivity index (χ0n) is 22.3. The molecule has 0 unspecified atom stereocenters. The number of hydrogen-bond donors (Lipinski definition) is 1. The first-order valence-electron chi connectivity index (χ1n) is 12.5. The number of carbonyl (C=O) groups is 2. The van der Waals surface area contributed by atoms with Gasteiger partial charge < -0.3 is 15.0 Å². The summed E-state index contributed by atoms with van der Waals surface area (Å²) in [6, 6.07) is 21.9. The van der Waals surface area contributed by atoms with Gasteiger partial charge in [-0.05, 0) is 61.7 Å². The van der Waals surface area contributed by atoms with Crippen LogP contribution < -0.4 is 14.4 Å². The fourth-order valence-electron chi connectivity index (χ4n) is 4.18. The zero-order chi connectivity index (χ0) is 27.7. The van der Waals surface area contributed by atoms with Gasteiger partial charge in [0.1, 0.15) is 18.3 Å². The maximum absolute atomic E-state index is 13.8. The largest absolute Gasteiger partial charge is 0.497 e. The number of hydrogen-bond acceptors (Lipinski definition) is 5. The van der Waals surface area contributed by atoms with Gasteiger partial charge >= 0.3 is 0 Å². The predicted molar refractivity (Wildman–Crippen MR) is 149 cm³/mol. The van der Waals surface area contributed by atoms with E-state index in [1.807, 2.05) is 44.2 Å². The highest BCUT2D eigenvalue weighted by Crippen LogP contribution is 2.26. The van der Waals surface area contributed by atoms with Crippen LogP contribution in [-0.4, -0.2) is 58.4 Å². The van der Waals surface area contributed by atoms with Crippen LogP contribution in [0.3, 0.4) is 0 Å². The fraction of sp³-hybridized carbons (Fsp3) is 0.310. The van der Waals surface area contributed by atoms with E-state index in [1.165, 1.54) is 31.2 Å². The van der Waals surface area contributed by atoms with Gasteiger partial charge in [0.25, 0.3) is 10.0 Å². The maximum atomic E-state index is 13.8. The predicted octanol–water partition coefficient (Wildman–Crippen LogP) is 3.79. The minimum absolute atomic E-state index is 0.0703. The molecule has 0 aliphatic carbocycles. The van der Waals surface area contributed by atoms with Crippen LogP contribution >= 0.6 is 0 Å². The normalized spacial score (nSPS) is 11.9. The van der Waals surface area contributed by atoms with Crippen molar-refractivity contribution in [3.63, 3.8) is 0 Å². The smallest absolute Gasteiger partial charge is 0.264 e. The average Bonchev–Trinajstić information content (AvgIpc) is 2.94. The lowest BCUT2D eigenvalue weighted by Crippen LogP contribution is -2.52. The van der Waals surface area contributed by atoms with Crippen molar-refractivity contribution < 1.29 is 22.7 Å². The van der Waals surface area contributed by atoms with Crippen molar-refractivity contribution in [2.45, 2.75) is 37.6 Å². The molecule has 0 heterocycles. The van der Waals surface area contributed by atoms with Crippen molar-refractivity contribution in [1.82, 2.24) is 10.2 Å². The Bertz CT molecular complexity index is 1310. The second-order valence-corrected chi connectivity index (χ2v) is 10.7. The highest BCUT2D eigenvalue weighted by Gasteiger charge is 2.33. The van der Waals surface area contributed by atoms with Gasteiger partial charge in [0, 0.05) is 13.6 Å². The van der Waals surface area contributed by atoms with Crippen molar-refractivity contribution in [2.24, 2.45) is 0 Å². The Morgan fingerprint density at radius 1 is 0.947 bits per heavy atom. The molecule has 0 saturated carbocycles. The third kappa shape index (κ3) is 6.92. The molecule has 2 amide bonds. The molecule has 3 rings (SSSR count). The van der Waals surface area contributed by atoms with Crippen LogP contribution in [0.5, 0.6) is 5.75 Å². The van der Waals surface area contributed by atoms with Crippen molar-refractivity contribution >= 4 is 27.5 Å². The summed E-state index contributed by atoms with van der Waals surface area (Å²) in [5.74, 6) is -0.211. The molecule has 0 bridgehead atoms. The minimum atomic E-state index is -4.10. The van der Waals surface area contributed by atoms with Crippen molar-refractivity contribution in [1.29, 1.82) is 0 Å². The monoisotopic (exact) mass is 537 g/mol. The quantitative estimate of drug-likeness (QED) is 0.379. The standard InChI is InChI=1S/C29H35N3O5S/c1-5-27(29(34)30-3)31(20-19-23-9-7-6-8-10-23)28(33)21-32(24-13-15-25(37-4)16-14-24)38(35,36)26-17-11-22(2)12-18-26/h6-18,27H,5,19-21H2,1-4H3,(H,30,34)/t27-/m0/s1. The summed E-state index contributed by atoms with van der Waals surface area (Å²) >= 11 is 0. The number of likely N-dealkylation sites (N-methyl/N-ethyl adjacent to an activating group) is 1. The van der Waals surface area contributed by atoms with Gasteiger partial charge in [-0.1, -0.05) is 55.0 Å². The zero-order valence-corrected chi connectivity index (χ0v) is 23.1. The van der Waals surface area contributed by atoms with E-state index in [9.17, 15) is 18.0 Å². The SMILES string of the molecule is CC[C@@H](C(=O)NC)N(CCc1ccccc1)C(=O)CN(c1ccc(OC)cc1)S(=O)(=O)c1ccc(C)cc1. The minimum Gasteiger partial charge on any atom is -0.497 e. The van der Waals surface area contributed by atoms with Crippen molar-refractivity contribution in [3.05, 3.63) is 90.0 Å². The van der Waals surface area contributed by atoms with Crippen LogP contribution in [0.15, 0.2) is 83.8 Å². The van der Waals surface area contributed by atoms with Gasteiger partial charge in [0.05, 0.1) is 17.7 Å². The molecule has 9 heteroatoms. The van der Waals surface area contributed by atoms with Gasteiger partial charge in [-0.3, -0.25) is 13.9 Å². The van der Waals surface area contributed by atoms with Crippen LogP contribution in [0.1, 0.15) is 24.5 Å². The van der Waals surface area contributed by atoms with Gasteiger partial charge in [0.15, 0.2) is 0 Å².